The zero-order valence-electron chi connectivity index (χ0n) is 11.9. The molecule has 2 rings (SSSR count). The van der Waals surface area contributed by atoms with Crippen LogP contribution in [0.1, 0.15) is 18.9 Å². The molecule has 4 nitrogen and oxygen atoms in total. The van der Waals surface area contributed by atoms with E-state index in [1.807, 2.05) is 31.2 Å². The summed E-state index contributed by atoms with van der Waals surface area (Å²) in [6.07, 6.45) is 2.51. The highest BCUT2D eigenvalue weighted by molar-refractivity contribution is 9.10. The Labute approximate surface area is 147 Å². The van der Waals surface area contributed by atoms with E-state index in [1.165, 1.54) is 16.7 Å². The zero-order valence-corrected chi connectivity index (χ0v) is 15.1. The fraction of sp³-hybridized carbons (Fsp3) is 0.267. The highest BCUT2D eigenvalue weighted by atomic mass is 79.9. The Hall–Kier alpha value is -1.18. The molecule has 0 aromatic heterocycles. The predicted octanol–water partition coefficient (Wildman–Crippen LogP) is 3.60. The summed E-state index contributed by atoms with van der Waals surface area (Å²) in [6.45, 7) is 2.12. The molecule has 0 bridgehead atoms. The molecule has 1 amide bonds. The number of ether oxygens (including phenoxy) is 1. The molecule has 0 saturated carbocycles. The van der Waals surface area contributed by atoms with Gasteiger partial charge in [0, 0.05) is 4.47 Å². The molecular weight excluding hydrogens is 386 g/mol. The average Bonchev–Trinajstić information content (AvgIpc) is 2.75. The van der Waals surface area contributed by atoms with Gasteiger partial charge >= 0.3 is 5.97 Å². The van der Waals surface area contributed by atoms with Crippen LogP contribution in [-0.2, 0) is 14.3 Å². The van der Waals surface area contributed by atoms with Crippen molar-refractivity contribution < 1.29 is 14.3 Å². The van der Waals surface area contributed by atoms with Crippen molar-refractivity contribution in [2.75, 3.05) is 13.2 Å². The second kappa shape index (κ2) is 7.89. The molecule has 1 fully saturated rings. The van der Waals surface area contributed by atoms with E-state index in [0.717, 1.165) is 16.5 Å². The SMILES string of the molecule is CCCOC(=O)CN1C(=O)C(=Cc2ccc(Br)cc2)SC1=S. The van der Waals surface area contributed by atoms with Crippen LogP contribution < -0.4 is 0 Å². The molecule has 1 aliphatic rings. The van der Waals surface area contributed by atoms with Gasteiger partial charge in [-0.2, -0.15) is 0 Å². The van der Waals surface area contributed by atoms with Gasteiger partial charge < -0.3 is 4.74 Å². The van der Waals surface area contributed by atoms with Crippen LogP contribution >= 0.6 is 39.9 Å². The van der Waals surface area contributed by atoms with Gasteiger partial charge in [-0.1, -0.05) is 59.0 Å². The van der Waals surface area contributed by atoms with E-state index in [-0.39, 0.29) is 12.5 Å². The van der Waals surface area contributed by atoms with E-state index < -0.39 is 5.97 Å². The van der Waals surface area contributed by atoms with Gasteiger partial charge in [0.2, 0.25) is 0 Å². The molecule has 22 heavy (non-hydrogen) atoms. The van der Waals surface area contributed by atoms with Crippen LogP contribution in [0.5, 0.6) is 0 Å². The van der Waals surface area contributed by atoms with E-state index >= 15 is 0 Å². The number of rotatable bonds is 5. The highest BCUT2D eigenvalue weighted by Crippen LogP contribution is 2.32. The zero-order chi connectivity index (χ0) is 16.1. The summed E-state index contributed by atoms with van der Waals surface area (Å²) in [4.78, 5) is 25.8. The largest absolute Gasteiger partial charge is 0.464 e. The van der Waals surface area contributed by atoms with Crippen molar-refractivity contribution >= 4 is 62.2 Å². The maximum Gasteiger partial charge on any atom is 0.326 e. The van der Waals surface area contributed by atoms with Gasteiger partial charge in [0.25, 0.3) is 5.91 Å². The third kappa shape index (κ3) is 4.41. The Morgan fingerprint density at radius 1 is 1.41 bits per heavy atom. The fourth-order valence-corrected chi connectivity index (χ4v) is 3.26. The maximum atomic E-state index is 12.3. The predicted molar refractivity (Wildman–Crippen MR) is 95.3 cm³/mol. The number of carbonyl (C=O) groups is 2. The van der Waals surface area contributed by atoms with Gasteiger partial charge in [0.1, 0.15) is 10.9 Å². The lowest BCUT2D eigenvalue weighted by molar-refractivity contribution is -0.146. The number of hydrogen-bond acceptors (Lipinski definition) is 5. The number of hydrogen-bond donors (Lipinski definition) is 0. The Kier molecular flexibility index (Phi) is 6.16. The first-order chi connectivity index (χ1) is 10.5. The molecule has 1 saturated heterocycles. The number of thioether (sulfide) groups is 1. The van der Waals surface area contributed by atoms with E-state index in [9.17, 15) is 9.59 Å². The molecular formula is C15H14BrNO3S2. The molecule has 0 atom stereocenters. The topological polar surface area (TPSA) is 46.6 Å². The summed E-state index contributed by atoms with van der Waals surface area (Å²) in [7, 11) is 0. The van der Waals surface area contributed by atoms with Crippen LogP contribution in [0, 0.1) is 0 Å². The first kappa shape index (κ1) is 17.2. The number of benzene rings is 1. The molecule has 1 aliphatic heterocycles. The van der Waals surface area contributed by atoms with Crippen LogP contribution in [0.25, 0.3) is 6.08 Å². The summed E-state index contributed by atoms with van der Waals surface area (Å²) < 4.78 is 6.34. The van der Waals surface area contributed by atoms with Gasteiger partial charge in [0.05, 0.1) is 11.5 Å². The molecule has 1 aromatic rings. The number of thiocarbonyl (C=S) groups is 1. The summed E-state index contributed by atoms with van der Waals surface area (Å²) in [5, 5.41) is 0. The molecule has 0 radical (unpaired) electrons. The first-order valence-electron chi connectivity index (χ1n) is 6.68. The van der Waals surface area contributed by atoms with Crippen LogP contribution in [0.4, 0.5) is 0 Å². The number of amides is 1. The van der Waals surface area contributed by atoms with Crippen molar-refractivity contribution in [1.82, 2.24) is 4.90 Å². The van der Waals surface area contributed by atoms with E-state index in [0.29, 0.717) is 15.8 Å². The maximum absolute atomic E-state index is 12.3. The van der Waals surface area contributed by atoms with E-state index in [4.69, 9.17) is 17.0 Å². The molecule has 1 aromatic carbocycles. The van der Waals surface area contributed by atoms with Gasteiger partial charge in [-0.05, 0) is 30.2 Å². The van der Waals surface area contributed by atoms with Crippen LogP contribution in [0.3, 0.4) is 0 Å². The monoisotopic (exact) mass is 399 g/mol. The molecule has 0 N–H and O–H groups in total. The normalized spacial score (nSPS) is 16.5. The Morgan fingerprint density at radius 2 is 2.09 bits per heavy atom. The van der Waals surface area contributed by atoms with Gasteiger partial charge in [-0.25, -0.2) is 0 Å². The second-order valence-electron chi connectivity index (χ2n) is 4.54. The van der Waals surface area contributed by atoms with Crippen molar-refractivity contribution in [1.29, 1.82) is 0 Å². The Bertz CT molecular complexity index is 628. The van der Waals surface area contributed by atoms with Crippen molar-refractivity contribution in [3.63, 3.8) is 0 Å². The van der Waals surface area contributed by atoms with Gasteiger partial charge in [-0.15, -0.1) is 0 Å². The van der Waals surface area contributed by atoms with Gasteiger partial charge in [0.15, 0.2) is 0 Å². The van der Waals surface area contributed by atoms with Crippen molar-refractivity contribution in [3.8, 4) is 0 Å². The molecule has 1 heterocycles. The third-order valence-corrected chi connectivity index (χ3v) is 4.70. The number of carbonyl (C=O) groups excluding carboxylic acids is 2. The Balaban J connectivity index is 2.08. The van der Waals surface area contributed by atoms with Crippen LogP contribution in [0.15, 0.2) is 33.6 Å². The summed E-state index contributed by atoms with van der Waals surface area (Å²) in [5.74, 6) is -0.700. The Morgan fingerprint density at radius 3 is 2.73 bits per heavy atom. The third-order valence-electron chi connectivity index (χ3n) is 2.80. The average molecular weight is 400 g/mol. The summed E-state index contributed by atoms with van der Waals surface area (Å²) >= 11 is 9.73. The number of esters is 1. The summed E-state index contributed by atoms with van der Waals surface area (Å²) in [6, 6.07) is 7.58. The lowest BCUT2D eigenvalue weighted by Gasteiger charge is -2.13. The first-order valence-corrected chi connectivity index (χ1v) is 8.69. The van der Waals surface area contributed by atoms with E-state index in [1.54, 1.807) is 6.08 Å². The minimum atomic E-state index is -0.442. The fourth-order valence-electron chi connectivity index (χ4n) is 1.74. The standard InChI is InChI=1S/C15H14BrNO3S2/c1-2-7-20-13(18)9-17-14(19)12(22-15(17)21)8-10-3-5-11(16)6-4-10/h3-6,8H,2,7,9H2,1H3. The second-order valence-corrected chi connectivity index (χ2v) is 7.13. The van der Waals surface area contributed by atoms with Crippen LogP contribution in [0.2, 0.25) is 0 Å². The minimum absolute atomic E-state index is 0.137. The van der Waals surface area contributed by atoms with Crippen molar-refractivity contribution in [2.24, 2.45) is 0 Å². The molecule has 0 unspecified atom stereocenters. The minimum Gasteiger partial charge on any atom is -0.464 e. The van der Waals surface area contributed by atoms with Crippen LogP contribution in [-0.4, -0.2) is 34.2 Å². The number of halogens is 1. The lowest BCUT2D eigenvalue weighted by atomic mass is 10.2. The smallest absolute Gasteiger partial charge is 0.326 e. The summed E-state index contributed by atoms with van der Waals surface area (Å²) in [5.41, 5.74) is 0.900. The molecule has 0 spiro atoms. The lowest BCUT2D eigenvalue weighted by Crippen LogP contribution is -2.34. The molecule has 116 valence electrons. The molecule has 0 aliphatic carbocycles. The van der Waals surface area contributed by atoms with Gasteiger partial charge in [-0.3, -0.25) is 14.5 Å². The van der Waals surface area contributed by atoms with Crippen molar-refractivity contribution in [2.45, 2.75) is 13.3 Å². The molecule has 7 heteroatoms. The highest BCUT2D eigenvalue weighted by Gasteiger charge is 2.33. The van der Waals surface area contributed by atoms with Crippen molar-refractivity contribution in [3.05, 3.63) is 39.2 Å². The number of nitrogens with zero attached hydrogens (tertiary/aromatic N) is 1. The quantitative estimate of drug-likeness (QED) is 0.429. The van der Waals surface area contributed by atoms with E-state index in [2.05, 4.69) is 15.9 Å².